The summed E-state index contributed by atoms with van der Waals surface area (Å²) in [4.78, 5) is 17.3. The van der Waals surface area contributed by atoms with E-state index in [9.17, 15) is 9.90 Å². The van der Waals surface area contributed by atoms with Gasteiger partial charge >= 0.3 is 0 Å². The molecule has 4 nitrogen and oxygen atoms in total. The minimum absolute atomic E-state index is 0.0564. The van der Waals surface area contributed by atoms with Crippen molar-refractivity contribution in [3.05, 3.63) is 40.7 Å². The van der Waals surface area contributed by atoms with Crippen molar-refractivity contribution in [2.75, 3.05) is 18.1 Å². The maximum atomic E-state index is 12.2. The molecular formula is C16H20N2O2. The van der Waals surface area contributed by atoms with Crippen LogP contribution < -0.4 is 10.5 Å². The molecule has 0 unspecified atom stereocenters. The van der Waals surface area contributed by atoms with E-state index in [1.807, 2.05) is 30.3 Å². The van der Waals surface area contributed by atoms with Gasteiger partial charge < -0.3 is 15.0 Å². The molecule has 2 aromatic rings. The van der Waals surface area contributed by atoms with Gasteiger partial charge in [-0.25, -0.2) is 0 Å². The zero-order valence-electron chi connectivity index (χ0n) is 11.5. The fourth-order valence-electron chi connectivity index (χ4n) is 3.17. The highest BCUT2D eigenvalue weighted by Gasteiger charge is 2.23. The van der Waals surface area contributed by atoms with Crippen molar-refractivity contribution in [1.82, 2.24) is 4.98 Å². The summed E-state index contributed by atoms with van der Waals surface area (Å²) in [5.41, 5.74) is -0.0564. The van der Waals surface area contributed by atoms with Crippen LogP contribution in [0.15, 0.2) is 35.1 Å². The number of pyridine rings is 1. The van der Waals surface area contributed by atoms with Gasteiger partial charge in [0.15, 0.2) is 0 Å². The summed E-state index contributed by atoms with van der Waals surface area (Å²) in [5.74, 6) is 0.828. The van der Waals surface area contributed by atoms with E-state index in [1.54, 1.807) is 0 Å². The fraction of sp³-hybridized carbons (Fsp3) is 0.438. The molecule has 0 aliphatic heterocycles. The third-order valence-electron chi connectivity index (χ3n) is 4.16. The zero-order valence-corrected chi connectivity index (χ0v) is 11.5. The van der Waals surface area contributed by atoms with Crippen molar-refractivity contribution < 1.29 is 5.11 Å². The summed E-state index contributed by atoms with van der Waals surface area (Å²) in [7, 11) is 0. The van der Waals surface area contributed by atoms with Gasteiger partial charge in [-0.1, -0.05) is 31.0 Å². The highest BCUT2D eigenvalue weighted by Crippen LogP contribution is 2.27. The molecule has 1 saturated carbocycles. The molecule has 0 radical (unpaired) electrons. The minimum atomic E-state index is -0.0564. The first-order valence-electron chi connectivity index (χ1n) is 7.29. The summed E-state index contributed by atoms with van der Waals surface area (Å²) in [6.45, 7) is 0.671. The molecule has 0 saturated heterocycles. The number of H-pyrrole nitrogens is 1. The summed E-state index contributed by atoms with van der Waals surface area (Å²) >= 11 is 0. The van der Waals surface area contributed by atoms with Crippen molar-refractivity contribution in [2.45, 2.75) is 31.7 Å². The largest absolute Gasteiger partial charge is 0.395 e. The number of anilines is 1. The molecule has 0 atom stereocenters. The standard InChI is InChI=1S/C16H20N2O2/c19-10-9-18(13-6-2-3-7-13)15-11-12-5-1-4-8-14(12)16(20)17-15/h1,4-5,8,11,13,19H,2-3,6-7,9-10H2,(H,17,20). The lowest BCUT2D eigenvalue weighted by Crippen LogP contribution is -2.37. The van der Waals surface area contributed by atoms with Crippen LogP contribution in [0, 0.1) is 0 Å². The van der Waals surface area contributed by atoms with Crippen LogP contribution in [0.1, 0.15) is 25.7 Å². The second kappa shape index (κ2) is 5.67. The molecular weight excluding hydrogens is 252 g/mol. The second-order valence-electron chi connectivity index (χ2n) is 5.43. The summed E-state index contributed by atoms with van der Waals surface area (Å²) in [6.07, 6.45) is 4.72. The van der Waals surface area contributed by atoms with Crippen molar-refractivity contribution in [2.24, 2.45) is 0 Å². The molecule has 1 fully saturated rings. The van der Waals surface area contributed by atoms with Crippen molar-refractivity contribution in [3.63, 3.8) is 0 Å². The first-order chi connectivity index (χ1) is 9.79. The van der Waals surface area contributed by atoms with Gasteiger partial charge in [0.25, 0.3) is 5.56 Å². The maximum Gasteiger partial charge on any atom is 0.257 e. The van der Waals surface area contributed by atoms with Gasteiger partial charge in [0.05, 0.1) is 6.61 Å². The Bertz CT molecular complexity index is 644. The monoisotopic (exact) mass is 272 g/mol. The van der Waals surface area contributed by atoms with Gasteiger partial charge in [-0.2, -0.15) is 0 Å². The maximum absolute atomic E-state index is 12.2. The number of hydrogen-bond acceptors (Lipinski definition) is 3. The molecule has 1 aliphatic carbocycles. The van der Waals surface area contributed by atoms with Gasteiger partial charge in [0.2, 0.25) is 0 Å². The number of benzene rings is 1. The van der Waals surface area contributed by atoms with Gasteiger partial charge in [-0.05, 0) is 30.4 Å². The first kappa shape index (κ1) is 13.2. The van der Waals surface area contributed by atoms with E-state index >= 15 is 0 Å². The molecule has 0 spiro atoms. The SMILES string of the molecule is O=c1[nH]c(N(CCO)C2CCCC2)cc2ccccc12. The minimum Gasteiger partial charge on any atom is -0.395 e. The lowest BCUT2D eigenvalue weighted by atomic mass is 10.1. The Kier molecular flexibility index (Phi) is 3.74. The number of fused-ring (bicyclic) bond motifs is 1. The van der Waals surface area contributed by atoms with Crippen LogP contribution in [0.4, 0.5) is 5.82 Å². The van der Waals surface area contributed by atoms with Gasteiger partial charge in [0, 0.05) is 18.0 Å². The third-order valence-corrected chi connectivity index (χ3v) is 4.16. The van der Waals surface area contributed by atoms with E-state index in [0.717, 1.165) is 24.0 Å². The van der Waals surface area contributed by atoms with E-state index in [4.69, 9.17) is 0 Å². The normalized spacial score (nSPS) is 15.8. The number of aliphatic hydroxyl groups excluding tert-OH is 1. The Labute approximate surface area is 118 Å². The lowest BCUT2D eigenvalue weighted by Gasteiger charge is -2.30. The van der Waals surface area contributed by atoms with Crippen LogP contribution in [0.25, 0.3) is 10.8 Å². The molecule has 1 aromatic carbocycles. The van der Waals surface area contributed by atoms with E-state index in [1.165, 1.54) is 12.8 Å². The van der Waals surface area contributed by atoms with E-state index < -0.39 is 0 Å². The van der Waals surface area contributed by atoms with Crippen LogP contribution in [-0.2, 0) is 0 Å². The number of rotatable bonds is 4. The molecule has 106 valence electrons. The van der Waals surface area contributed by atoms with Crippen LogP contribution in [0.2, 0.25) is 0 Å². The Hall–Kier alpha value is -1.81. The molecule has 0 bridgehead atoms. The average molecular weight is 272 g/mol. The molecule has 3 rings (SSSR count). The van der Waals surface area contributed by atoms with Crippen LogP contribution in [-0.4, -0.2) is 29.3 Å². The Morgan fingerprint density at radius 2 is 2.00 bits per heavy atom. The molecule has 1 heterocycles. The highest BCUT2D eigenvalue weighted by molar-refractivity contribution is 5.83. The van der Waals surface area contributed by atoms with Crippen LogP contribution in [0.5, 0.6) is 0 Å². The smallest absolute Gasteiger partial charge is 0.257 e. The number of nitrogens with one attached hydrogen (secondary N) is 1. The predicted molar refractivity (Wildman–Crippen MR) is 81.3 cm³/mol. The molecule has 20 heavy (non-hydrogen) atoms. The van der Waals surface area contributed by atoms with Gasteiger partial charge in [-0.15, -0.1) is 0 Å². The molecule has 1 aromatic heterocycles. The number of hydrogen-bond donors (Lipinski definition) is 2. The fourth-order valence-corrected chi connectivity index (χ4v) is 3.17. The third kappa shape index (κ3) is 2.43. The Morgan fingerprint density at radius 3 is 2.75 bits per heavy atom. The van der Waals surface area contributed by atoms with Gasteiger partial charge in [-0.3, -0.25) is 4.79 Å². The lowest BCUT2D eigenvalue weighted by molar-refractivity contribution is 0.297. The first-order valence-corrected chi connectivity index (χ1v) is 7.29. The van der Waals surface area contributed by atoms with Crippen molar-refractivity contribution in [1.29, 1.82) is 0 Å². The number of aromatic amines is 1. The van der Waals surface area contributed by atoms with Crippen molar-refractivity contribution in [3.8, 4) is 0 Å². The van der Waals surface area contributed by atoms with Crippen molar-refractivity contribution >= 4 is 16.6 Å². The molecule has 1 aliphatic rings. The number of aliphatic hydroxyl groups is 1. The summed E-state index contributed by atoms with van der Waals surface area (Å²) < 4.78 is 0. The van der Waals surface area contributed by atoms with E-state index in [-0.39, 0.29) is 12.2 Å². The number of aromatic nitrogens is 1. The quantitative estimate of drug-likeness (QED) is 0.897. The molecule has 0 amide bonds. The summed E-state index contributed by atoms with van der Waals surface area (Å²) in [5, 5.41) is 11.0. The molecule has 2 N–H and O–H groups in total. The Balaban J connectivity index is 2.03. The zero-order chi connectivity index (χ0) is 13.9. The van der Waals surface area contributed by atoms with E-state index in [0.29, 0.717) is 18.0 Å². The second-order valence-corrected chi connectivity index (χ2v) is 5.43. The van der Waals surface area contributed by atoms with E-state index in [2.05, 4.69) is 9.88 Å². The average Bonchev–Trinajstić information content (AvgIpc) is 2.98. The molecule has 4 heteroatoms. The summed E-state index contributed by atoms with van der Waals surface area (Å²) in [6, 6.07) is 10.1. The highest BCUT2D eigenvalue weighted by atomic mass is 16.3. The number of nitrogens with zero attached hydrogens (tertiary/aromatic N) is 1. The van der Waals surface area contributed by atoms with Gasteiger partial charge in [0.1, 0.15) is 5.82 Å². The predicted octanol–water partition coefficient (Wildman–Crippen LogP) is 2.27. The topological polar surface area (TPSA) is 56.3 Å². The van der Waals surface area contributed by atoms with Crippen LogP contribution in [0.3, 0.4) is 0 Å². The van der Waals surface area contributed by atoms with Crippen LogP contribution >= 0.6 is 0 Å². The Morgan fingerprint density at radius 1 is 1.25 bits per heavy atom.